The number of aromatic nitrogens is 4. The summed E-state index contributed by atoms with van der Waals surface area (Å²) in [7, 11) is 1.88. The van der Waals surface area contributed by atoms with Crippen LogP contribution in [-0.4, -0.2) is 63.0 Å². The number of carbonyl (C=O) groups is 1. The largest absolute Gasteiger partial charge is 0.485 e. The molecule has 34 heavy (non-hydrogen) atoms. The van der Waals surface area contributed by atoms with Crippen LogP contribution in [0.25, 0.3) is 10.8 Å². The van der Waals surface area contributed by atoms with E-state index in [1.807, 2.05) is 60.5 Å². The Labute approximate surface area is 197 Å². The van der Waals surface area contributed by atoms with Crippen LogP contribution in [0.1, 0.15) is 36.0 Å². The van der Waals surface area contributed by atoms with E-state index in [0.717, 1.165) is 36.0 Å². The Hall–Kier alpha value is -3.72. The second-order valence-corrected chi connectivity index (χ2v) is 8.64. The van der Waals surface area contributed by atoms with Gasteiger partial charge in [-0.15, -0.1) is 10.2 Å². The molecular weight excluding hydrogens is 432 g/mol. The van der Waals surface area contributed by atoms with E-state index in [4.69, 9.17) is 9.15 Å². The minimum atomic E-state index is -0.111. The Morgan fingerprint density at radius 2 is 2.06 bits per heavy atom. The van der Waals surface area contributed by atoms with Gasteiger partial charge < -0.3 is 19.0 Å². The third-order valence-electron chi connectivity index (χ3n) is 6.39. The molecule has 1 unspecified atom stereocenters. The summed E-state index contributed by atoms with van der Waals surface area (Å²) in [5, 5.41) is 15.8. The van der Waals surface area contributed by atoms with Gasteiger partial charge in [-0.2, -0.15) is 5.21 Å². The lowest BCUT2D eigenvalue weighted by molar-refractivity contribution is -0.132. The summed E-state index contributed by atoms with van der Waals surface area (Å²) < 4.78 is 11.6. The van der Waals surface area contributed by atoms with E-state index in [1.165, 1.54) is 12.8 Å². The minimum absolute atomic E-state index is 0.0161. The van der Waals surface area contributed by atoms with Crippen LogP contribution in [-0.2, 0) is 17.8 Å². The van der Waals surface area contributed by atoms with Crippen LogP contribution in [0.2, 0.25) is 0 Å². The quantitative estimate of drug-likeness (QED) is 0.409. The number of likely N-dealkylation sites (tertiary alicyclic amines) is 1. The monoisotopic (exact) mass is 460 g/mol. The fourth-order valence-electron chi connectivity index (χ4n) is 4.49. The van der Waals surface area contributed by atoms with Crippen LogP contribution in [0, 0.1) is 0 Å². The number of tetrazole rings is 1. The van der Waals surface area contributed by atoms with Gasteiger partial charge in [-0.3, -0.25) is 4.79 Å². The molecule has 9 nitrogen and oxygen atoms in total. The maximum Gasteiger partial charge on any atom is 0.230 e. The van der Waals surface area contributed by atoms with E-state index >= 15 is 0 Å². The number of aromatic amines is 1. The van der Waals surface area contributed by atoms with Crippen molar-refractivity contribution >= 4 is 16.7 Å². The van der Waals surface area contributed by atoms with Crippen molar-refractivity contribution in [2.24, 2.45) is 0 Å². The Bertz CT molecular complexity index is 1230. The molecule has 1 N–H and O–H groups in total. The molecule has 9 heteroatoms. The van der Waals surface area contributed by atoms with E-state index in [0.29, 0.717) is 17.3 Å². The molecule has 5 rings (SSSR count). The molecule has 0 bridgehead atoms. The third kappa shape index (κ3) is 4.94. The number of furan rings is 1. The van der Waals surface area contributed by atoms with E-state index in [1.54, 1.807) is 6.26 Å². The summed E-state index contributed by atoms with van der Waals surface area (Å²) in [5.41, 5.74) is 1.03. The zero-order valence-electron chi connectivity index (χ0n) is 19.2. The molecule has 1 amide bonds. The topological polar surface area (TPSA) is 100 Å². The number of nitrogens with zero attached hydrogens (tertiary/aromatic N) is 5. The predicted molar refractivity (Wildman–Crippen MR) is 126 cm³/mol. The first-order chi connectivity index (χ1) is 16.7. The number of hydrogen-bond donors (Lipinski definition) is 1. The van der Waals surface area contributed by atoms with Crippen LogP contribution < -0.4 is 4.74 Å². The van der Waals surface area contributed by atoms with Gasteiger partial charge in [0.15, 0.2) is 6.61 Å². The van der Waals surface area contributed by atoms with Crippen molar-refractivity contribution in [3.63, 3.8) is 0 Å². The minimum Gasteiger partial charge on any atom is -0.485 e. The molecular formula is C25H28N6O3. The molecule has 1 fully saturated rings. The van der Waals surface area contributed by atoms with Gasteiger partial charge in [0, 0.05) is 24.4 Å². The predicted octanol–water partition coefficient (Wildman–Crippen LogP) is 3.36. The standard InChI is InChI=1S/C25H28N6O3/c1-30(25(32)14-23-21-10-3-2-7-19(21)16-34-23)22(15-31-11-4-5-12-31)18-8-6-9-20(13-18)33-17-24-26-28-29-27-24/h2-3,6-10,13,16,22H,4-5,11-12,14-15,17H2,1H3,(H,26,27,28,29). The normalized spacial score (nSPS) is 15.0. The van der Waals surface area contributed by atoms with Crippen LogP contribution in [0.3, 0.4) is 0 Å². The summed E-state index contributed by atoms with van der Waals surface area (Å²) in [6.07, 6.45) is 4.31. The van der Waals surface area contributed by atoms with Crippen molar-refractivity contribution in [2.75, 3.05) is 26.7 Å². The summed E-state index contributed by atoms with van der Waals surface area (Å²) in [4.78, 5) is 17.7. The molecule has 0 radical (unpaired) electrons. The van der Waals surface area contributed by atoms with Crippen molar-refractivity contribution in [1.82, 2.24) is 30.4 Å². The highest BCUT2D eigenvalue weighted by atomic mass is 16.5. The van der Waals surface area contributed by atoms with Gasteiger partial charge in [-0.1, -0.05) is 41.6 Å². The van der Waals surface area contributed by atoms with Crippen molar-refractivity contribution < 1.29 is 13.9 Å². The maximum absolute atomic E-state index is 13.4. The van der Waals surface area contributed by atoms with E-state index in [2.05, 4.69) is 25.5 Å². The Balaban J connectivity index is 1.35. The number of rotatable bonds is 9. The van der Waals surface area contributed by atoms with Crippen LogP contribution in [0.4, 0.5) is 0 Å². The molecule has 2 aromatic carbocycles. The summed E-state index contributed by atoms with van der Waals surface area (Å²) in [6.45, 7) is 3.09. The lowest BCUT2D eigenvalue weighted by atomic mass is 10.0. The zero-order chi connectivity index (χ0) is 23.3. The number of ether oxygens (including phenoxy) is 1. The highest BCUT2D eigenvalue weighted by Gasteiger charge is 2.27. The number of benzene rings is 2. The number of likely N-dealkylation sites (N-methyl/N-ethyl adjacent to an activating group) is 1. The van der Waals surface area contributed by atoms with Gasteiger partial charge in [-0.05, 0) is 43.6 Å². The number of amides is 1. The molecule has 176 valence electrons. The van der Waals surface area contributed by atoms with Gasteiger partial charge in [0.2, 0.25) is 11.7 Å². The van der Waals surface area contributed by atoms with E-state index in [9.17, 15) is 4.79 Å². The first kappa shape index (κ1) is 22.1. The first-order valence-corrected chi connectivity index (χ1v) is 11.6. The highest BCUT2D eigenvalue weighted by molar-refractivity contribution is 5.88. The van der Waals surface area contributed by atoms with Gasteiger partial charge in [-0.25, -0.2) is 0 Å². The molecule has 0 saturated carbocycles. The number of nitrogens with one attached hydrogen (secondary N) is 1. The van der Waals surface area contributed by atoms with Crippen LogP contribution >= 0.6 is 0 Å². The second-order valence-electron chi connectivity index (χ2n) is 8.64. The molecule has 0 aliphatic carbocycles. The number of carbonyl (C=O) groups excluding carboxylic acids is 1. The molecule has 1 saturated heterocycles. The van der Waals surface area contributed by atoms with Crippen molar-refractivity contribution in [3.8, 4) is 5.75 Å². The zero-order valence-corrected chi connectivity index (χ0v) is 19.2. The Morgan fingerprint density at radius 3 is 2.88 bits per heavy atom. The lowest BCUT2D eigenvalue weighted by Crippen LogP contribution is -2.39. The molecule has 1 atom stereocenters. The van der Waals surface area contributed by atoms with Gasteiger partial charge in [0.25, 0.3) is 0 Å². The van der Waals surface area contributed by atoms with Crippen molar-refractivity contribution in [2.45, 2.75) is 31.9 Å². The molecule has 3 heterocycles. The van der Waals surface area contributed by atoms with Crippen molar-refractivity contribution in [1.29, 1.82) is 0 Å². The molecule has 4 aromatic rings. The average molecular weight is 461 g/mol. The Kier molecular flexibility index (Phi) is 6.53. The number of fused-ring (bicyclic) bond motifs is 1. The maximum atomic E-state index is 13.4. The third-order valence-corrected chi connectivity index (χ3v) is 6.39. The van der Waals surface area contributed by atoms with Crippen LogP contribution in [0.5, 0.6) is 5.75 Å². The Morgan fingerprint density at radius 1 is 1.21 bits per heavy atom. The lowest BCUT2D eigenvalue weighted by Gasteiger charge is -2.32. The first-order valence-electron chi connectivity index (χ1n) is 11.6. The number of hydrogen-bond acceptors (Lipinski definition) is 7. The average Bonchev–Trinajstić information content (AvgIpc) is 3.64. The molecule has 1 aliphatic rings. The summed E-state index contributed by atoms with van der Waals surface area (Å²) in [6, 6.07) is 15.7. The van der Waals surface area contributed by atoms with Crippen LogP contribution in [0.15, 0.2) is 59.2 Å². The smallest absolute Gasteiger partial charge is 0.230 e. The fraction of sp³-hybridized carbons (Fsp3) is 0.360. The number of H-pyrrole nitrogens is 1. The van der Waals surface area contributed by atoms with Crippen molar-refractivity contribution in [3.05, 3.63) is 71.9 Å². The van der Waals surface area contributed by atoms with Gasteiger partial charge >= 0.3 is 0 Å². The van der Waals surface area contributed by atoms with E-state index < -0.39 is 0 Å². The SMILES string of the molecule is CN(C(=O)Cc1occ2ccccc12)C(CN1CCCC1)c1cccc(OCc2nn[nH]n2)c1. The molecule has 0 spiro atoms. The second kappa shape index (κ2) is 10.0. The summed E-state index contributed by atoms with van der Waals surface area (Å²) >= 11 is 0. The summed E-state index contributed by atoms with van der Waals surface area (Å²) in [5.74, 6) is 1.90. The molecule has 2 aromatic heterocycles. The fourth-order valence-corrected chi connectivity index (χ4v) is 4.49. The molecule has 1 aliphatic heterocycles. The van der Waals surface area contributed by atoms with E-state index in [-0.39, 0.29) is 25.0 Å². The van der Waals surface area contributed by atoms with Gasteiger partial charge in [0.05, 0.1) is 18.7 Å². The highest BCUT2D eigenvalue weighted by Crippen LogP contribution is 2.28. The van der Waals surface area contributed by atoms with Gasteiger partial charge in [0.1, 0.15) is 11.5 Å².